The van der Waals surface area contributed by atoms with Crippen LogP contribution in [0.2, 0.25) is 0 Å². The number of anilines is 3. The fourth-order valence-corrected chi connectivity index (χ4v) is 7.98. The molecule has 1 aromatic carbocycles. The molecule has 53 heavy (non-hydrogen) atoms. The van der Waals surface area contributed by atoms with E-state index in [0.29, 0.717) is 13.0 Å². The maximum Gasteiger partial charge on any atom is 0.319 e. The van der Waals surface area contributed by atoms with Gasteiger partial charge >= 0.3 is 6.01 Å². The molecule has 0 unspecified atom stereocenters. The predicted molar refractivity (Wildman–Crippen MR) is 186 cm³/mol. The third-order valence-corrected chi connectivity index (χ3v) is 10.4. The molecule has 4 aliphatic rings. The van der Waals surface area contributed by atoms with Crippen molar-refractivity contribution in [3.8, 4) is 17.8 Å². The summed E-state index contributed by atoms with van der Waals surface area (Å²) >= 11 is 0. The summed E-state index contributed by atoms with van der Waals surface area (Å²) in [6.45, 7) is 1.63. The minimum atomic E-state index is -1.02. The number of para-hydroxylation sites is 1. The summed E-state index contributed by atoms with van der Waals surface area (Å²) in [5.74, 6) is -3.06. The fraction of sp³-hybridized carbons (Fsp3) is 0.405. The number of nitrogens with zero attached hydrogens (tertiary/aromatic N) is 9. The van der Waals surface area contributed by atoms with Crippen molar-refractivity contribution in [1.82, 2.24) is 29.7 Å². The van der Waals surface area contributed by atoms with Crippen molar-refractivity contribution in [1.29, 1.82) is 5.26 Å². The number of pyridine rings is 2. The molecule has 0 N–H and O–H groups in total. The van der Waals surface area contributed by atoms with Crippen molar-refractivity contribution >= 4 is 40.2 Å². The first-order valence-electron chi connectivity index (χ1n) is 17.5. The van der Waals surface area contributed by atoms with Crippen LogP contribution in [-0.4, -0.2) is 106 Å². The molecule has 4 aromatic rings. The van der Waals surface area contributed by atoms with Crippen molar-refractivity contribution in [2.45, 2.75) is 43.4 Å². The lowest BCUT2D eigenvalue weighted by molar-refractivity contribution is -0.131. The Labute approximate surface area is 302 Å². The van der Waals surface area contributed by atoms with Gasteiger partial charge in [-0.15, -0.1) is 0 Å². The Morgan fingerprint density at radius 3 is 2.79 bits per heavy atom. The van der Waals surface area contributed by atoms with E-state index < -0.39 is 41.1 Å². The Morgan fingerprint density at radius 2 is 1.96 bits per heavy atom. The lowest BCUT2D eigenvalue weighted by Crippen LogP contribution is -2.55. The molecule has 0 bridgehead atoms. The van der Waals surface area contributed by atoms with Crippen LogP contribution in [0.5, 0.6) is 11.8 Å². The second-order valence-corrected chi connectivity index (χ2v) is 13.6. The zero-order chi connectivity index (χ0) is 36.7. The minimum Gasteiger partial charge on any atom is -0.489 e. The molecule has 4 aliphatic heterocycles. The van der Waals surface area contributed by atoms with E-state index in [-0.39, 0.29) is 91.5 Å². The summed E-state index contributed by atoms with van der Waals surface area (Å²) in [7, 11) is 0. The van der Waals surface area contributed by atoms with Gasteiger partial charge in [0, 0.05) is 51.1 Å². The van der Waals surface area contributed by atoms with E-state index in [1.165, 1.54) is 34.3 Å². The van der Waals surface area contributed by atoms with Gasteiger partial charge in [0.2, 0.25) is 0 Å². The Balaban J connectivity index is 1.15. The number of benzene rings is 1. The smallest absolute Gasteiger partial charge is 0.319 e. The number of halogens is 4. The molecule has 1 amide bonds. The van der Waals surface area contributed by atoms with Crippen LogP contribution in [0.1, 0.15) is 31.4 Å². The second kappa shape index (κ2) is 14.1. The lowest BCUT2D eigenvalue weighted by Gasteiger charge is -2.41. The third kappa shape index (κ3) is 6.43. The van der Waals surface area contributed by atoms with E-state index in [1.54, 1.807) is 29.2 Å². The molecular weight excluding hydrogens is 694 g/mol. The highest BCUT2D eigenvalue weighted by Crippen LogP contribution is 2.42. The summed E-state index contributed by atoms with van der Waals surface area (Å²) in [5, 5.41) is 9.92. The number of piperazine rings is 1. The first kappa shape index (κ1) is 34.5. The summed E-state index contributed by atoms with van der Waals surface area (Å²) < 4.78 is 73.6. The second-order valence-electron chi connectivity index (χ2n) is 13.6. The molecule has 3 saturated heterocycles. The zero-order valence-electron chi connectivity index (χ0n) is 28.6. The first-order valence-corrected chi connectivity index (χ1v) is 17.5. The van der Waals surface area contributed by atoms with Gasteiger partial charge in [-0.25, -0.2) is 22.5 Å². The predicted octanol–water partition coefficient (Wildman–Crippen LogP) is 5.13. The number of amides is 1. The van der Waals surface area contributed by atoms with E-state index in [2.05, 4.69) is 25.9 Å². The Hall–Kier alpha value is -5.56. The Morgan fingerprint density at radius 1 is 1.08 bits per heavy atom. The molecular formula is C37H35F4N9O3. The van der Waals surface area contributed by atoms with Crippen LogP contribution >= 0.6 is 0 Å². The first-order chi connectivity index (χ1) is 25.7. The molecule has 3 fully saturated rings. The molecule has 3 aromatic heterocycles. The number of fused-ring (bicyclic) bond motifs is 3. The topological polar surface area (TPSA) is 124 Å². The SMILES string of the molecule is N#CC[C@H]1CN(c2nc(OC[C@@]34CCCN3C[C@H](F)C4)nc3c(F)c(N4CCOc5cccc(F)c54)ncc23)CCN1C(=O)/C(F)=C/c1ccccn1. The van der Waals surface area contributed by atoms with Gasteiger partial charge in [0.1, 0.15) is 42.2 Å². The summed E-state index contributed by atoms with van der Waals surface area (Å²) in [4.78, 5) is 37.6. The number of aromatic nitrogens is 4. The summed E-state index contributed by atoms with van der Waals surface area (Å²) in [6.07, 6.45) is 4.75. The Kier molecular flexibility index (Phi) is 9.19. The largest absolute Gasteiger partial charge is 0.489 e. The number of alkyl halides is 1. The van der Waals surface area contributed by atoms with E-state index >= 15 is 13.2 Å². The van der Waals surface area contributed by atoms with Crippen LogP contribution < -0.4 is 19.3 Å². The molecule has 7 heterocycles. The quantitative estimate of drug-likeness (QED) is 0.177. The molecule has 16 heteroatoms. The number of nitriles is 1. The third-order valence-electron chi connectivity index (χ3n) is 10.4. The maximum atomic E-state index is 16.8. The lowest BCUT2D eigenvalue weighted by atomic mass is 9.95. The van der Waals surface area contributed by atoms with Crippen LogP contribution in [0.25, 0.3) is 17.0 Å². The van der Waals surface area contributed by atoms with Gasteiger partial charge in [-0.2, -0.15) is 15.2 Å². The van der Waals surface area contributed by atoms with Crippen LogP contribution in [0.15, 0.2) is 54.6 Å². The number of hydrogen-bond donors (Lipinski definition) is 0. The molecule has 274 valence electrons. The van der Waals surface area contributed by atoms with E-state index in [9.17, 15) is 14.4 Å². The molecule has 0 radical (unpaired) electrons. The molecule has 0 saturated carbocycles. The number of carbonyl (C=O) groups excluding carboxylic acids is 1. The van der Waals surface area contributed by atoms with Crippen LogP contribution in [0, 0.1) is 23.0 Å². The molecule has 8 rings (SSSR count). The number of ether oxygens (including phenoxy) is 2. The van der Waals surface area contributed by atoms with Gasteiger partial charge in [-0.1, -0.05) is 12.1 Å². The average Bonchev–Trinajstić information content (AvgIpc) is 3.70. The van der Waals surface area contributed by atoms with Crippen LogP contribution in [0.4, 0.5) is 34.9 Å². The van der Waals surface area contributed by atoms with Crippen LogP contribution in [-0.2, 0) is 4.79 Å². The van der Waals surface area contributed by atoms with Crippen molar-refractivity contribution in [3.63, 3.8) is 0 Å². The van der Waals surface area contributed by atoms with Gasteiger partial charge in [-0.3, -0.25) is 14.7 Å². The molecule has 0 aliphatic carbocycles. The fourth-order valence-electron chi connectivity index (χ4n) is 7.98. The highest BCUT2D eigenvalue weighted by molar-refractivity contribution is 5.96. The highest BCUT2D eigenvalue weighted by Gasteiger charge is 2.49. The molecule has 3 atom stereocenters. The van der Waals surface area contributed by atoms with Crippen molar-refractivity contribution in [3.05, 3.63) is 71.9 Å². The maximum absolute atomic E-state index is 16.8. The number of hydrogen-bond acceptors (Lipinski definition) is 11. The van der Waals surface area contributed by atoms with Gasteiger partial charge in [0.15, 0.2) is 23.3 Å². The van der Waals surface area contributed by atoms with Gasteiger partial charge in [0.05, 0.1) is 41.7 Å². The molecule has 0 spiro atoms. The van der Waals surface area contributed by atoms with Crippen molar-refractivity contribution in [2.75, 3.05) is 62.3 Å². The highest BCUT2D eigenvalue weighted by atomic mass is 19.1. The minimum absolute atomic E-state index is 0.0180. The van der Waals surface area contributed by atoms with Crippen LogP contribution in [0.3, 0.4) is 0 Å². The Bertz CT molecular complexity index is 2120. The number of rotatable bonds is 8. The zero-order valence-corrected chi connectivity index (χ0v) is 28.6. The van der Waals surface area contributed by atoms with E-state index in [0.717, 1.165) is 25.5 Å². The van der Waals surface area contributed by atoms with Gasteiger partial charge in [-0.05, 0) is 43.7 Å². The van der Waals surface area contributed by atoms with Gasteiger partial charge in [0.25, 0.3) is 5.91 Å². The van der Waals surface area contributed by atoms with Crippen molar-refractivity contribution in [2.24, 2.45) is 0 Å². The van der Waals surface area contributed by atoms with Gasteiger partial charge < -0.3 is 24.2 Å². The monoisotopic (exact) mass is 729 g/mol. The van der Waals surface area contributed by atoms with E-state index in [1.807, 2.05) is 0 Å². The molecule has 12 nitrogen and oxygen atoms in total. The summed E-state index contributed by atoms with van der Waals surface area (Å²) in [5.41, 5.74) is -0.367. The normalized spacial score (nSPS) is 23.1. The number of carbonyl (C=O) groups is 1. The van der Waals surface area contributed by atoms with Crippen molar-refractivity contribution < 1.29 is 31.8 Å². The average molecular weight is 730 g/mol. The summed E-state index contributed by atoms with van der Waals surface area (Å²) in [6, 6.07) is 10.4. The standard InChI is InChI=1S/C37H35F4N9O3/c38-23-18-37(9-4-12-48(37)20-23)22-53-36-45-31-26(19-44-34(30(31)41)50-15-16-52-29-7-3-6-27(39)32(29)50)33(46-36)47-13-14-49(25(21-47)8-10-42)35(51)28(40)17-24-5-1-2-11-43-24/h1-3,5-7,11,17,19,23,25H,4,8-9,12-16,18,20-22H2/b28-17-/t23-,25+,37+/m1/s1. The van der Waals surface area contributed by atoms with E-state index in [4.69, 9.17) is 14.5 Å².